The lowest BCUT2D eigenvalue weighted by Gasteiger charge is -2.46. The van der Waals surface area contributed by atoms with Crippen LogP contribution in [0.25, 0.3) is 0 Å². The molecule has 0 aromatic carbocycles. The number of piperidine rings is 3. The first-order valence-corrected chi connectivity index (χ1v) is 7.11. The maximum atomic E-state index is 12.1. The third-order valence-electron chi connectivity index (χ3n) is 4.67. The predicted octanol–water partition coefficient (Wildman–Crippen LogP) is 0.197. The lowest BCUT2D eigenvalue weighted by molar-refractivity contribution is -0.139. The van der Waals surface area contributed by atoms with Gasteiger partial charge < -0.3 is 20.2 Å². The lowest BCUT2D eigenvalue weighted by Crippen LogP contribution is -2.62. The van der Waals surface area contributed by atoms with E-state index in [0.717, 1.165) is 6.54 Å². The minimum atomic E-state index is -0.776. The summed E-state index contributed by atoms with van der Waals surface area (Å²) < 4.78 is 0. The van der Waals surface area contributed by atoms with E-state index in [1.54, 1.807) is 4.90 Å². The standard InChI is InChI=1S/C13H21N3O3/c17-12(18)5-9-6-16(7-9)13(19)14-11-8-15-3-1-10(11)2-4-15/h9-11H,1-8H2,(H,14,19)(H,17,18). The minimum absolute atomic E-state index is 0.0135. The third-order valence-corrected chi connectivity index (χ3v) is 4.67. The molecule has 4 saturated heterocycles. The van der Waals surface area contributed by atoms with Crippen molar-refractivity contribution in [1.29, 1.82) is 0 Å². The zero-order valence-electron chi connectivity index (χ0n) is 11.0. The summed E-state index contributed by atoms with van der Waals surface area (Å²) in [6, 6.07) is 0.272. The predicted molar refractivity (Wildman–Crippen MR) is 68.8 cm³/mol. The van der Waals surface area contributed by atoms with E-state index in [0.29, 0.717) is 19.0 Å². The van der Waals surface area contributed by atoms with Gasteiger partial charge in [-0.25, -0.2) is 4.79 Å². The molecule has 0 saturated carbocycles. The maximum Gasteiger partial charge on any atom is 0.317 e. The van der Waals surface area contributed by atoms with Crippen molar-refractivity contribution in [3.05, 3.63) is 0 Å². The van der Waals surface area contributed by atoms with Gasteiger partial charge in [-0.1, -0.05) is 0 Å². The van der Waals surface area contributed by atoms with E-state index in [-0.39, 0.29) is 24.4 Å². The van der Waals surface area contributed by atoms with Crippen LogP contribution in [-0.4, -0.2) is 65.7 Å². The summed E-state index contributed by atoms with van der Waals surface area (Å²) in [5, 5.41) is 11.8. The highest BCUT2D eigenvalue weighted by atomic mass is 16.4. The van der Waals surface area contributed by atoms with Gasteiger partial charge in [-0.2, -0.15) is 0 Å². The van der Waals surface area contributed by atoms with Crippen LogP contribution in [0.5, 0.6) is 0 Å². The van der Waals surface area contributed by atoms with Gasteiger partial charge in [0.2, 0.25) is 0 Å². The van der Waals surface area contributed by atoms with Crippen molar-refractivity contribution in [2.24, 2.45) is 11.8 Å². The van der Waals surface area contributed by atoms with Crippen LogP contribution in [0, 0.1) is 11.8 Å². The van der Waals surface area contributed by atoms with Crippen molar-refractivity contribution in [3.63, 3.8) is 0 Å². The highest BCUT2D eigenvalue weighted by Crippen LogP contribution is 2.28. The molecule has 6 nitrogen and oxygen atoms in total. The number of nitrogens with one attached hydrogen (secondary N) is 1. The Bertz CT molecular complexity index is 373. The zero-order chi connectivity index (χ0) is 13.4. The van der Waals surface area contributed by atoms with Gasteiger partial charge in [0.05, 0.1) is 6.42 Å². The van der Waals surface area contributed by atoms with Crippen LogP contribution < -0.4 is 5.32 Å². The Morgan fingerprint density at radius 2 is 1.84 bits per heavy atom. The number of carboxylic acid groups (broad SMARTS) is 1. The first kappa shape index (κ1) is 12.7. The Hall–Kier alpha value is -1.30. The summed E-state index contributed by atoms with van der Waals surface area (Å²) in [6.45, 7) is 4.48. The third kappa shape index (κ3) is 2.68. The number of urea groups is 1. The maximum absolute atomic E-state index is 12.1. The van der Waals surface area contributed by atoms with Crippen LogP contribution in [0.4, 0.5) is 4.79 Å². The van der Waals surface area contributed by atoms with Crippen LogP contribution in [0.15, 0.2) is 0 Å². The SMILES string of the molecule is O=C(O)CC1CN(C(=O)NC2CN3CCC2CC3)C1. The van der Waals surface area contributed by atoms with E-state index < -0.39 is 5.97 Å². The Balaban J connectivity index is 1.44. The molecule has 2 N–H and O–H groups in total. The van der Waals surface area contributed by atoms with Crippen molar-refractivity contribution < 1.29 is 14.7 Å². The Labute approximate surface area is 112 Å². The van der Waals surface area contributed by atoms with E-state index in [2.05, 4.69) is 10.2 Å². The van der Waals surface area contributed by atoms with E-state index in [9.17, 15) is 9.59 Å². The van der Waals surface area contributed by atoms with Crippen LogP contribution in [0.2, 0.25) is 0 Å². The van der Waals surface area contributed by atoms with Crippen molar-refractivity contribution >= 4 is 12.0 Å². The zero-order valence-corrected chi connectivity index (χ0v) is 11.0. The normalized spacial score (nSPS) is 33.9. The molecule has 0 spiro atoms. The van der Waals surface area contributed by atoms with E-state index >= 15 is 0 Å². The molecule has 4 rings (SSSR count). The van der Waals surface area contributed by atoms with Gasteiger partial charge in [0.1, 0.15) is 0 Å². The molecule has 1 unspecified atom stereocenters. The number of amides is 2. The fraction of sp³-hybridized carbons (Fsp3) is 0.846. The second-order valence-electron chi connectivity index (χ2n) is 6.06. The molecule has 0 aromatic rings. The van der Waals surface area contributed by atoms with Crippen molar-refractivity contribution in [3.8, 4) is 0 Å². The first-order valence-electron chi connectivity index (χ1n) is 7.11. The Morgan fingerprint density at radius 1 is 1.16 bits per heavy atom. The summed E-state index contributed by atoms with van der Waals surface area (Å²) in [7, 11) is 0. The van der Waals surface area contributed by atoms with Crippen molar-refractivity contribution in [2.45, 2.75) is 25.3 Å². The quantitative estimate of drug-likeness (QED) is 0.766. The van der Waals surface area contributed by atoms with Crippen LogP contribution in [-0.2, 0) is 4.79 Å². The smallest absolute Gasteiger partial charge is 0.317 e. The molecular weight excluding hydrogens is 246 g/mol. The molecule has 2 amide bonds. The average molecular weight is 267 g/mol. The highest BCUT2D eigenvalue weighted by molar-refractivity contribution is 5.76. The summed E-state index contributed by atoms with van der Waals surface area (Å²) in [6.07, 6.45) is 2.54. The number of nitrogens with zero attached hydrogens (tertiary/aromatic N) is 2. The average Bonchev–Trinajstić information content (AvgIpc) is 2.34. The van der Waals surface area contributed by atoms with Gasteiger partial charge in [-0.15, -0.1) is 0 Å². The molecule has 4 aliphatic heterocycles. The molecule has 6 heteroatoms. The molecule has 0 aromatic heterocycles. The van der Waals surface area contributed by atoms with Gasteiger partial charge in [-0.3, -0.25) is 4.79 Å². The van der Waals surface area contributed by atoms with E-state index in [1.807, 2.05) is 0 Å². The summed E-state index contributed by atoms with van der Waals surface area (Å²) in [4.78, 5) is 26.7. The number of hydrogen-bond donors (Lipinski definition) is 2. The van der Waals surface area contributed by atoms with Gasteiger partial charge >= 0.3 is 12.0 Å². The van der Waals surface area contributed by atoms with Gasteiger partial charge in [0, 0.05) is 31.6 Å². The molecule has 0 aliphatic carbocycles. The number of likely N-dealkylation sites (tertiary alicyclic amines) is 1. The number of carboxylic acids is 1. The summed E-state index contributed by atoms with van der Waals surface area (Å²) in [5.41, 5.74) is 0. The Morgan fingerprint density at radius 3 is 2.37 bits per heavy atom. The Kier molecular flexibility index (Phi) is 3.35. The molecule has 2 bridgehead atoms. The number of hydrogen-bond acceptors (Lipinski definition) is 3. The summed E-state index contributed by atoms with van der Waals surface area (Å²) >= 11 is 0. The topological polar surface area (TPSA) is 72.9 Å². The molecule has 0 radical (unpaired) electrons. The second-order valence-corrected chi connectivity index (χ2v) is 6.06. The van der Waals surface area contributed by atoms with Crippen LogP contribution in [0.1, 0.15) is 19.3 Å². The number of aliphatic carboxylic acids is 1. The molecule has 106 valence electrons. The first-order chi connectivity index (χ1) is 9.11. The van der Waals surface area contributed by atoms with Gasteiger partial charge in [0.15, 0.2) is 0 Å². The number of fused-ring (bicyclic) bond motifs is 3. The number of carbonyl (C=O) groups excluding carboxylic acids is 1. The monoisotopic (exact) mass is 267 g/mol. The number of carbonyl (C=O) groups is 2. The van der Waals surface area contributed by atoms with E-state index in [4.69, 9.17) is 5.11 Å². The van der Waals surface area contributed by atoms with Gasteiger partial charge in [0.25, 0.3) is 0 Å². The molecule has 4 heterocycles. The minimum Gasteiger partial charge on any atom is -0.481 e. The van der Waals surface area contributed by atoms with Gasteiger partial charge in [-0.05, 0) is 31.8 Å². The van der Waals surface area contributed by atoms with Crippen LogP contribution in [0.3, 0.4) is 0 Å². The summed E-state index contributed by atoms with van der Waals surface area (Å²) in [5.74, 6) is -0.0118. The second kappa shape index (κ2) is 5.00. The number of rotatable bonds is 3. The lowest BCUT2D eigenvalue weighted by atomic mass is 9.84. The molecule has 1 atom stereocenters. The van der Waals surface area contributed by atoms with Crippen molar-refractivity contribution in [1.82, 2.24) is 15.1 Å². The molecular formula is C13H21N3O3. The molecule has 4 fully saturated rings. The van der Waals surface area contributed by atoms with Crippen LogP contribution >= 0.6 is 0 Å². The molecule has 19 heavy (non-hydrogen) atoms. The fourth-order valence-electron chi connectivity index (χ4n) is 3.49. The fourth-order valence-corrected chi connectivity index (χ4v) is 3.49. The van der Waals surface area contributed by atoms with Crippen molar-refractivity contribution in [2.75, 3.05) is 32.7 Å². The largest absolute Gasteiger partial charge is 0.481 e. The molecule has 4 aliphatic rings. The van der Waals surface area contributed by atoms with E-state index in [1.165, 1.54) is 25.9 Å². The highest BCUT2D eigenvalue weighted by Gasteiger charge is 2.38.